The topological polar surface area (TPSA) is 40.6 Å². The highest BCUT2D eigenvalue weighted by molar-refractivity contribution is 5.79. The average molecular weight is 369 g/mol. The van der Waals surface area contributed by atoms with E-state index >= 15 is 0 Å². The predicted octanol–water partition coefficient (Wildman–Crippen LogP) is 3.43. The molecule has 2 amide bonds. The highest BCUT2D eigenvalue weighted by Gasteiger charge is 2.43. The zero-order chi connectivity index (χ0) is 18.9. The number of carbonyl (C=O) groups excluding carboxylic acids is 2. The molecular weight excluding hydrogens is 336 g/mol. The Kier molecular flexibility index (Phi) is 5.25. The number of aryl methyl sites for hydroxylation is 1. The Morgan fingerprint density at radius 3 is 2.56 bits per heavy atom. The number of piperidine rings is 2. The van der Waals surface area contributed by atoms with Crippen LogP contribution in [0.4, 0.5) is 0 Å². The van der Waals surface area contributed by atoms with E-state index in [1.807, 2.05) is 0 Å². The van der Waals surface area contributed by atoms with Crippen molar-refractivity contribution in [3.63, 3.8) is 0 Å². The minimum atomic E-state index is 0.128. The van der Waals surface area contributed by atoms with E-state index in [0.29, 0.717) is 18.7 Å². The van der Waals surface area contributed by atoms with Gasteiger partial charge in [0, 0.05) is 38.0 Å². The lowest BCUT2D eigenvalue weighted by Gasteiger charge is -2.48. The molecule has 4 rings (SSSR count). The summed E-state index contributed by atoms with van der Waals surface area (Å²) in [7, 11) is 0. The number of nitrogens with zero attached hydrogens (tertiary/aromatic N) is 2. The standard InChI is InChI=1S/C23H32N2O2/c1-2-18-4-6-19(7-5-18)14-22(27)24-13-3-11-23(16-24)12-10-21(26)25(17-23)15-20-8-9-20/h4-7,20H,2-3,8-17H2,1H3/t23-/m1/s1. The first-order chi connectivity index (χ1) is 13.1. The van der Waals surface area contributed by atoms with Crippen molar-refractivity contribution in [3.05, 3.63) is 35.4 Å². The van der Waals surface area contributed by atoms with Gasteiger partial charge in [0.25, 0.3) is 0 Å². The van der Waals surface area contributed by atoms with Crippen molar-refractivity contribution in [3.8, 4) is 0 Å². The smallest absolute Gasteiger partial charge is 0.227 e. The number of likely N-dealkylation sites (tertiary alicyclic amines) is 2. The third-order valence-electron chi connectivity index (χ3n) is 6.72. The van der Waals surface area contributed by atoms with Gasteiger partial charge in [0.05, 0.1) is 6.42 Å². The second-order valence-electron chi connectivity index (χ2n) is 8.98. The van der Waals surface area contributed by atoms with E-state index in [9.17, 15) is 9.59 Å². The number of carbonyl (C=O) groups is 2. The molecule has 1 saturated carbocycles. The fourth-order valence-electron chi connectivity index (χ4n) is 4.81. The summed E-state index contributed by atoms with van der Waals surface area (Å²) in [6, 6.07) is 8.44. The van der Waals surface area contributed by atoms with Crippen molar-refractivity contribution in [2.75, 3.05) is 26.2 Å². The van der Waals surface area contributed by atoms with E-state index in [1.54, 1.807) is 0 Å². The molecule has 3 fully saturated rings. The zero-order valence-electron chi connectivity index (χ0n) is 16.6. The lowest BCUT2D eigenvalue weighted by molar-refractivity contribution is -0.143. The van der Waals surface area contributed by atoms with E-state index in [-0.39, 0.29) is 11.3 Å². The molecular formula is C23H32N2O2. The van der Waals surface area contributed by atoms with Crippen LogP contribution < -0.4 is 0 Å². The summed E-state index contributed by atoms with van der Waals surface area (Å²) < 4.78 is 0. The molecule has 0 radical (unpaired) electrons. The van der Waals surface area contributed by atoms with Gasteiger partial charge in [0.15, 0.2) is 0 Å². The minimum Gasteiger partial charge on any atom is -0.342 e. The van der Waals surface area contributed by atoms with E-state index in [2.05, 4.69) is 41.0 Å². The van der Waals surface area contributed by atoms with Crippen molar-refractivity contribution < 1.29 is 9.59 Å². The van der Waals surface area contributed by atoms with Gasteiger partial charge >= 0.3 is 0 Å². The lowest BCUT2D eigenvalue weighted by Crippen LogP contribution is -2.55. The molecule has 1 aliphatic carbocycles. The number of hydrogen-bond donors (Lipinski definition) is 0. The normalized spacial score (nSPS) is 25.9. The second kappa shape index (κ2) is 7.65. The van der Waals surface area contributed by atoms with Crippen molar-refractivity contribution >= 4 is 11.8 Å². The zero-order valence-corrected chi connectivity index (χ0v) is 16.6. The summed E-state index contributed by atoms with van der Waals surface area (Å²) in [5.41, 5.74) is 2.54. The van der Waals surface area contributed by atoms with Crippen LogP contribution in [0.15, 0.2) is 24.3 Å². The molecule has 0 N–H and O–H groups in total. The van der Waals surface area contributed by atoms with Crippen LogP contribution >= 0.6 is 0 Å². The molecule has 0 unspecified atom stereocenters. The molecule has 1 aromatic rings. The molecule has 2 heterocycles. The van der Waals surface area contributed by atoms with Gasteiger partial charge in [-0.25, -0.2) is 0 Å². The molecule has 27 heavy (non-hydrogen) atoms. The number of rotatable bonds is 5. The molecule has 2 aliphatic heterocycles. The Labute approximate surface area is 162 Å². The van der Waals surface area contributed by atoms with Gasteiger partial charge in [-0.05, 0) is 55.6 Å². The Morgan fingerprint density at radius 2 is 1.85 bits per heavy atom. The van der Waals surface area contributed by atoms with E-state index < -0.39 is 0 Å². The molecule has 4 heteroatoms. The van der Waals surface area contributed by atoms with Gasteiger partial charge in [-0.2, -0.15) is 0 Å². The van der Waals surface area contributed by atoms with E-state index in [0.717, 1.165) is 63.3 Å². The van der Waals surface area contributed by atoms with Gasteiger partial charge in [-0.1, -0.05) is 31.2 Å². The largest absolute Gasteiger partial charge is 0.342 e. The van der Waals surface area contributed by atoms with Crippen molar-refractivity contribution in [2.45, 2.75) is 58.3 Å². The van der Waals surface area contributed by atoms with Crippen LogP contribution in [0, 0.1) is 11.3 Å². The molecule has 0 aromatic heterocycles. The summed E-state index contributed by atoms with van der Waals surface area (Å²) in [5, 5.41) is 0. The molecule has 2 saturated heterocycles. The van der Waals surface area contributed by atoms with Crippen LogP contribution in [0.3, 0.4) is 0 Å². The van der Waals surface area contributed by atoms with Crippen LogP contribution in [0.2, 0.25) is 0 Å². The van der Waals surface area contributed by atoms with Gasteiger partial charge in [0.2, 0.25) is 11.8 Å². The summed E-state index contributed by atoms with van der Waals surface area (Å²) in [5.74, 6) is 1.30. The fourth-order valence-corrected chi connectivity index (χ4v) is 4.81. The molecule has 1 spiro atoms. The summed E-state index contributed by atoms with van der Waals surface area (Å²) >= 11 is 0. The first-order valence-electron chi connectivity index (χ1n) is 10.7. The van der Waals surface area contributed by atoms with Crippen molar-refractivity contribution in [1.82, 2.24) is 9.80 Å². The number of amides is 2. The fraction of sp³-hybridized carbons (Fsp3) is 0.652. The monoisotopic (exact) mass is 368 g/mol. The summed E-state index contributed by atoms with van der Waals surface area (Å²) in [6.45, 7) is 5.64. The van der Waals surface area contributed by atoms with Crippen LogP contribution in [0.5, 0.6) is 0 Å². The number of benzene rings is 1. The predicted molar refractivity (Wildman–Crippen MR) is 106 cm³/mol. The van der Waals surface area contributed by atoms with E-state index in [1.165, 1.54) is 18.4 Å². The molecule has 1 atom stereocenters. The van der Waals surface area contributed by atoms with Gasteiger partial charge < -0.3 is 9.80 Å². The van der Waals surface area contributed by atoms with Crippen LogP contribution in [-0.4, -0.2) is 47.8 Å². The molecule has 1 aromatic carbocycles. The molecule has 0 bridgehead atoms. The first-order valence-corrected chi connectivity index (χ1v) is 10.7. The maximum atomic E-state index is 12.9. The van der Waals surface area contributed by atoms with Crippen LogP contribution in [0.1, 0.15) is 56.6 Å². The summed E-state index contributed by atoms with van der Waals surface area (Å²) in [6.07, 6.45) is 7.89. The molecule has 146 valence electrons. The summed E-state index contributed by atoms with van der Waals surface area (Å²) in [4.78, 5) is 29.4. The SMILES string of the molecule is CCc1ccc(CC(=O)N2CCC[C@@]3(CCC(=O)N(CC4CC4)C3)C2)cc1. The van der Waals surface area contributed by atoms with Gasteiger partial charge in [-0.15, -0.1) is 0 Å². The third-order valence-corrected chi connectivity index (χ3v) is 6.72. The van der Waals surface area contributed by atoms with Crippen LogP contribution in [-0.2, 0) is 22.4 Å². The Balaban J connectivity index is 1.39. The van der Waals surface area contributed by atoms with Gasteiger partial charge in [0.1, 0.15) is 0 Å². The van der Waals surface area contributed by atoms with Crippen molar-refractivity contribution in [1.29, 1.82) is 0 Å². The third kappa shape index (κ3) is 4.36. The Morgan fingerprint density at radius 1 is 1.11 bits per heavy atom. The quantitative estimate of drug-likeness (QED) is 0.799. The average Bonchev–Trinajstić information content (AvgIpc) is 3.50. The minimum absolute atomic E-state index is 0.128. The first kappa shape index (κ1) is 18.5. The Bertz CT molecular complexity index is 695. The second-order valence-corrected chi connectivity index (χ2v) is 8.98. The Hall–Kier alpha value is -1.84. The molecule has 4 nitrogen and oxygen atoms in total. The maximum absolute atomic E-state index is 12.9. The molecule has 3 aliphatic rings. The lowest BCUT2D eigenvalue weighted by atomic mass is 9.73. The maximum Gasteiger partial charge on any atom is 0.227 e. The number of hydrogen-bond acceptors (Lipinski definition) is 2. The highest BCUT2D eigenvalue weighted by atomic mass is 16.2. The van der Waals surface area contributed by atoms with Gasteiger partial charge in [-0.3, -0.25) is 9.59 Å². The highest BCUT2D eigenvalue weighted by Crippen LogP contribution is 2.40. The van der Waals surface area contributed by atoms with E-state index in [4.69, 9.17) is 0 Å². The van der Waals surface area contributed by atoms with Crippen LogP contribution in [0.25, 0.3) is 0 Å². The van der Waals surface area contributed by atoms with Crippen molar-refractivity contribution in [2.24, 2.45) is 11.3 Å².